The molecule has 0 saturated carbocycles. The number of nitrogens with two attached hydrogens (primary N) is 1. The summed E-state index contributed by atoms with van der Waals surface area (Å²) < 4.78 is 7.37. The number of ether oxygens (including phenoxy) is 1. The Morgan fingerprint density at radius 2 is 2.00 bits per heavy atom. The van der Waals surface area contributed by atoms with Crippen LogP contribution in [0, 0.1) is 0 Å². The number of amides is 1. The zero-order chi connectivity index (χ0) is 22.2. The van der Waals surface area contributed by atoms with Gasteiger partial charge in [0, 0.05) is 31.3 Å². The first-order chi connectivity index (χ1) is 14.8. The highest BCUT2D eigenvalue weighted by atomic mass is 16.5. The highest BCUT2D eigenvalue weighted by Gasteiger charge is 2.22. The summed E-state index contributed by atoms with van der Waals surface area (Å²) in [5.41, 5.74) is 8.78. The van der Waals surface area contributed by atoms with Crippen molar-refractivity contribution in [1.29, 1.82) is 0 Å². The first-order valence-corrected chi connectivity index (χ1v) is 10.9. The Hall–Kier alpha value is -2.71. The highest BCUT2D eigenvalue weighted by molar-refractivity contribution is 6.06. The molecule has 1 saturated heterocycles. The third kappa shape index (κ3) is 4.50. The smallest absolute Gasteiger partial charge is 0.223 e. The molecule has 31 heavy (non-hydrogen) atoms. The van der Waals surface area contributed by atoms with E-state index in [0.29, 0.717) is 57.0 Å². The van der Waals surface area contributed by atoms with Crippen molar-refractivity contribution in [1.82, 2.24) is 19.4 Å². The molecule has 1 aromatic carbocycles. The molecule has 1 aliphatic heterocycles. The number of rotatable bonds is 6. The van der Waals surface area contributed by atoms with Crippen molar-refractivity contribution in [3.8, 4) is 0 Å². The van der Waals surface area contributed by atoms with Crippen LogP contribution < -0.4 is 5.73 Å². The summed E-state index contributed by atoms with van der Waals surface area (Å²) >= 11 is 0. The Kier molecular flexibility index (Phi) is 5.85. The molecular weight excluding hydrogens is 394 g/mol. The number of pyridine rings is 1. The van der Waals surface area contributed by atoms with Gasteiger partial charge in [0.15, 0.2) is 5.82 Å². The van der Waals surface area contributed by atoms with Crippen molar-refractivity contribution in [2.24, 2.45) is 0 Å². The molecule has 4 rings (SSSR count). The lowest BCUT2D eigenvalue weighted by Gasteiger charge is -2.26. The molecule has 3 aromatic rings. The maximum Gasteiger partial charge on any atom is 0.223 e. The van der Waals surface area contributed by atoms with Crippen LogP contribution in [-0.2, 0) is 28.9 Å². The summed E-state index contributed by atoms with van der Waals surface area (Å²) in [5, 5.41) is 11.4. The van der Waals surface area contributed by atoms with Gasteiger partial charge in [0.05, 0.1) is 36.4 Å². The minimum Gasteiger partial charge on any atom is -0.389 e. The normalized spacial score (nSPS) is 15.2. The lowest BCUT2D eigenvalue weighted by Crippen LogP contribution is -2.40. The molecule has 0 unspecified atom stereocenters. The SMILES string of the molecule is CCc1nc2c(N)nc3cc(CCC(=O)N4CCOCC4)ccc3c2n1CC(C)(C)O. The molecule has 0 spiro atoms. The number of anilines is 1. The van der Waals surface area contributed by atoms with E-state index in [4.69, 9.17) is 15.5 Å². The third-order valence-corrected chi connectivity index (χ3v) is 5.70. The van der Waals surface area contributed by atoms with Gasteiger partial charge in [-0.3, -0.25) is 4.79 Å². The predicted octanol–water partition coefficient (Wildman–Crippen LogP) is 2.29. The first-order valence-electron chi connectivity index (χ1n) is 10.9. The minimum absolute atomic E-state index is 0.155. The highest BCUT2D eigenvalue weighted by Crippen LogP contribution is 2.31. The van der Waals surface area contributed by atoms with Gasteiger partial charge in [0.25, 0.3) is 0 Å². The van der Waals surface area contributed by atoms with Gasteiger partial charge in [-0.1, -0.05) is 19.1 Å². The molecule has 0 atom stereocenters. The Morgan fingerprint density at radius 1 is 1.26 bits per heavy atom. The first kappa shape index (κ1) is 21.5. The van der Waals surface area contributed by atoms with Crippen molar-refractivity contribution >= 4 is 33.7 Å². The molecule has 1 fully saturated rings. The van der Waals surface area contributed by atoms with E-state index in [0.717, 1.165) is 34.2 Å². The zero-order valence-corrected chi connectivity index (χ0v) is 18.5. The van der Waals surface area contributed by atoms with Crippen LogP contribution in [0.5, 0.6) is 0 Å². The number of carbonyl (C=O) groups is 1. The van der Waals surface area contributed by atoms with Crippen molar-refractivity contribution in [3.05, 3.63) is 29.6 Å². The molecule has 0 aliphatic carbocycles. The lowest BCUT2D eigenvalue weighted by molar-refractivity contribution is -0.135. The standard InChI is InChI=1S/C23H31N5O3/c1-4-18-26-20-21(28(18)14-23(2,3)30)16-7-5-15(13-17(16)25-22(20)24)6-8-19(29)27-9-11-31-12-10-27/h5,7,13,30H,4,6,8-12,14H2,1-3H3,(H2,24,25). The molecule has 166 valence electrons. The van der Waals surface area contributed by atoms with E-state index in [1.807, 2.05) is 30.0 Å². The van der Waals surface area contributed by atoms with E-state index in [2.05, 4.69) is 9.55 Å². The van der Waals surface area contributed by atoms with Gasteiger partial charge in [0.2, 0.25) is 5.91 Å². The number of hydrogen-bond donors (Lipinski definition) is 2. The van der Waals surface area contributed by atoms with E-state index in [9.17, 15) is 9.90 Å². The fourth-order valence-electron chi connectivity index (χ4n) is 4.21. The number of aliphatic hydroxyl groups is 1. The van der Waals surface area contributed by atoms with Crippen LogP contribution in [0.1, 0.15) is 38.6 Å². The molecule has 0 bridgehead atoms. The fourth-order valence-corrected chi connectivity index (χ4v) is 4.21. The van der Waals surface area contributed by atoms with Gasteiger partial charge in [-0.25, -0.2) is 9.97 Å². The van der Waals surface area contributed by atoms with Crippen molar-refractivity contribution < 1.29 is 14.6 Å². The molecular formula is C23H31N5O3. The summed E-state index contributed by atoms with van der Waals surface area (Å²) in [5.74, 6) is 1.41. The maximum absolute atomic E-state index is 12.5. The number of carbonyl (C=O) groups excluding carboxylic acids is 1. The second kappa shape index (κ2) is 8.43. The Morgan fingerprint density at radius 3 is 2.68 bits per heavy atom. The average molecular weight is 426 g/mol. The summed E-state index contributed by atoms with van der Waals surface area (Å²) in [4.78, 5) is 23.6. The van der Waals surface area contributed by atoms with E-state index in [-0.39, 0.29) is 5.91 Å². The van der Waals surface area contributed by atoms with Crippen molar-refractivity contribution in [2.75, 3.05) is 32.0 Å². The average Bonchev–Trinajstić information content (AvgIpc) is 3.10. The van der Waals surface area contributed by atoms with Crippen LogP contribution in [0.4, 0.5) is 5.82 Å². The van der Waals surface area contributed by atoms with Gasteiger partial charge >= 0.3 is 0 Å². The number of morpholine rings is 1. The number of aromatic nitrogens is 3. The van der Waals surface area contributed by atoms with Crippen LogP contribution in [0.25, 0.3) is 21.9 Å². The van der Waals surface area contributed by atoms with Crippen LogP contribution in [0.2, 0.25) is 0 Å². The van der Waals surface area contributed by atoms with E-state index in [1.165, 1.54) is 0 Å². The Balaban J connectivity index is 1.67. The van der Waals surface area contributed by atoms with Gasteiger partial charge in [-0.05, 0) is 31.9 Å². The summed E-state index contributed by atoms with van der Waals surface area (Å²) in [6, 6.07) is 6.07. The van der Waals surface area contributed by atoms with Gasteiger partial charge in [-0.2, -0.15) is 0 Å². The van der Waals surface area contributed by atoms with Crippen LogP contribution in [0.3, 0.4) is 0 Å². The number of imidazole rings is 1. The van der Waals surface area contributed by atoms with E-state index >= 15 is 0 Å². The predicted molar refractivity (Wildman–Crippen MR) is 121 cm³/mol. The molecule has 8 heteroatoms. The van der Waals surface area contributed by atoms with Crippen molar-refractivity contribution in [3.63, 3.8) is 0 Å². The second-order valence-electron chi connectivity index (χ2n) is 8.82. The van der Waals surface area contributed by atoms with Gasteiger partial charge in [-0.15, -0.1) is 0 Å². The third-order valence-electron chi connectivity index (χ3n) is 5.70. The minimum atomic E-state index is -0.887. The summed E-state index contributed by atoms with van der Waals surface area (Å²) in [7, 11) is 0. The molecule has 3 heterocycles. The van der Waals surface area contributed by atoms with Crippen LogP contribution in [-0.4, -0.2) is 62.4 Å². The van der Waals surface area contributed by atoms with Gasteiger partial charge < -0.3 is 25.0 Å². The van der Waals surface area contributed by atoms with E-state index < -0.39 is 5.60 Å². The molecule has 1 amide bonds. The number of fused-ring (bicyclic) bond motifs is 3. The number of benzene rings is 1. The molecule has 3 N–H and O–H groups in total. The molecule has 0 radical (unpaired) electrons. The molecule has 1 aliphatic rings. The number of nitrogen functional groups attached to an aromatic ring is 1. The quantitative estimate of drug-likeness (QED) is 0.628. The van der Waals surface area contributed by atoms with E-state index in [1.54, 1.807) is 13.8 Å². The zero-order valence-electron chi connectivity index (χ0n) is 18.5. The van der Waals surface area contributed by atoms with Crippen LogP contribution in [0.15, 0.2) is 18.2 Å². The Bertz CT molecular complexity index is 1110. The maximum atomic E-state index is 12.5. The molecule has 2 aromatic heterocycles. The number of aryl methyl sites for hydroxylation is 2. The second-order valence-corrected chi connectivity index (χ2v) is 8.82. The Labute approximate surface area is 182 Å². The lowest BCUT2D eigenvalue weighted by atomic mass is 10.0. The van der Waals surface area contributed by atoms with Crippen LogP contribution >= 0.6 is 0 Å². The fraction of sp³-hybridized carbons (Fsp3) is 0.522. The summed E-state index contributed by atoms with van der Waals surface area (Å²) in [6.07, 6.45) is 1.84. The number of nitrogens with zero attached hydrogens (tertiary/aromatic N) is 4. The largest absolute Gasteiger partial charge is 0.389 e. The summed E-state index contributed by atoms with van der Waals surface area (Å²) in [6.45, 7) is 8.58. The van der Waals surface area contributed by atoms with Gasteiger partial charge in [0.1, 0.15) is 11.3 Å². The molecule has 8 nitrogen and oxygen atoms in total. The number of hydrogen-bond acceptors (Lipinski definition) is 6. The monoisotopic (exact) mass is 425 g/mol. The van der Waals surface area contributed by atoms with Crippen molar-refractivity contribution in [2.45, 2.75) is 52.2 Å². The topological polar surface area (TPSA) is 107 Å².